The Bertz CT molecular complexity index is 1210. The Labute approximate surface area is 160 Å². The predicted octanol–water partition coefficient (Wildman–Crippen LogP) is 2.87. The molecule has 7 nitrogen and oxygen atoms in total. The Morgan fingerprint density at radius 2 is 1.96 bits per heavy atom. The lowest BCUT2D eigenvalue weighted by atomic mass is 10.1. The summed E-state index contributed by atoms with van der Waals surface area (Å²) in [6.07, 6.45) is 3.29. The molecule has 0 fully saturated rings. The van der Waals surface area contributed by atoms with Crippen molar-refractivity contribution >= 4 is 11.6 Å². The first kappa shape index (κ1) is 16.6. The molecule has 140 valence electrons. The summed E-state index contributed by atoms with van der Waals surface area (Å²) in [5.41, 5.74) is 2.75. The van der Waals surface area contributed by atoms with E-state index in [1.54, 1.807) is 29.4 Å². The monoisotopic (exact) mass is 374 g/mol. The summed E-state index contributed by atoms with van der Waals surface area (Å²) >= 11 is 0. The van der Waals surface area contributed by atoms with Gasteiger partial charge < -0.3 is 9.32 Å². The Morgan fingerprint density at radius 3 is 2.75 bits per heavy atom. The summed E-state index contributed by atoms with van der Waals surface area (Å²) < 4.78 is 6.73. The zero-order valence-corrected chi connectivity index (χ0v) is 15.1. The molecule has 4 heterocycles. The van der Waals surface area contributed by atoms with E-state index in [-0.39, 0.29) is 17.2 Å². The fourth-order valence-electron chi connectivity index (χ4n) is 3.65. The van der Waals surface area contributed by atoms with Crippen LogP contribution in [0.4, 0.5) is 0 Å². The van der Waals surface area contributed by atoms with E-state index in [0.717, 1.165) is 12.8 Å². The summed E-state index contributed by atoms with van der Waals surface area (Å²) in [5.74, 6) is 0.433. The standard InChI is InChI=1S/C21H18N4O3/c26-20-15-13-24(10-4-8-14-6-2-1-3-7-14)21(27)19(15)22-18-12-16(23-25(18)20)17-9-5-11-28-17/h1-3,5-7,9,11-12,23H,4,8,10,13H2. The number of carbonyl (C=O) groups excluding carboxylic acids is 1. The van der Waals surface area contributed by atoms with Crippen molar-refractivity contribution in [3.8, 4) is 11.5 Å². The van der Waals surface area contributed by atoms with Crippen molar-refractivity contribution in [3.05, 3.63) is 82.0 Å². The van der Waals surface area contributed by atoms with E-state index < -0.39 is 0 Å². The quantitative estimate of drug-likeness (QED) is 0.582. The molecule has 4 aromatic rings. The van der Waals surface area contributed by atoms with Crippen molar-refractivity contribution in [3.63, 3.8) is 0 Å². The van der Waals surface area contributed by atoms with E-state index in [4.69, 9.17) is 4.42 Å². The van der Waals surface area contributed by atoms with Crippen LogP contribution in [0.15, 0.2) is 64.0 Å². The number of rotatable bonds is 5. The van der Waals surface area contributed by atoms with Crippen LogP contribution in [0.5, 0.6) is 0 Å². The van der Waals surface area contributed by atoms with Gasteiger partial charge in [0.2, 0.25) is 0 Å². The Hall–Kier alpha value is -3.61. The number of aryl methyl sites for hydroxylation is 1. The van der Waals surface area contributed by atoms with Crippen molar-refractivity contribution < 1.29 is 9.21 Å². The highest BCUT2D eigenvalue weighted by atomic mass is 16.3. The Kier molecular flexibility index (Phi) is 3.86. The van der Waals surface area contributed by atoms with Crippen molar-refractivity contribution in [2.75, 3.05) is 6.54 Å². The van der Waals surface area contributed by atoms with E-state index in [0.29, 0.717) is 35.8 Å². The van der Waals surface area contributed by atoms with Gasteiger partial charge in [-0.2, -0.15) is 0 Å². The van der Waals surface area contributed by atoms with Crippen LogP contribution in [-0.4, -0.2) is 31.9 Å². The number of nitrogens with one attached hydrogen (secondary N) is 1. The maximum atomic E-state index is 12.9. The molecule has 0 saturated carbocycles. The van der Waals surface area contributed by atoms with Gasteiger partial charge in [-0.1, -0.05) is 30.3 Å². The van der Waals surface area contributed by atoms with Crippen molar-refractivity contribution in [1.82, 2.24) is 19.5 Å². The number of benzene rings is 1. The minimum Gasteiger partial charge on any atom is -0.463 e. The third-order valence-electron chi connectivity index (χ3n) is 5.07. The van der Waals surface area contributed by atoms with Gasteiger partial charge >= 0.3 is 0 Å². The number of hydrogen-bond donors (Lipinski definition) is 1. The number of fused-ring (bicyclic) bond motifs is 2. The second kappa shape index (κ2) is 6.53. The molecule has 0 bridgehead atoms. The highest BCUT2D eigenvalue weighted by molar-refractivity contribution is 5.96. The fraction of sp³-hybridized carbons (Fsp3) is 0.190. The SMILES string of the molecule is O=C1c2nc3cc(-c4ccco4)[nH]n3c(=O)c2CN1CCCc1ccccc1. The molecule has 28 heavy (non-hydrogen) atoms. The van der Waals surface area contributed by atoms with Crippen LogP contribution in [0.1, 0.15) is 28.0 Å². The first-order valence-corrected chi connectivity index (χ1v) is 9.22. The van der Waals surface area contributed by atoms with Crippen LogP contribution in [-0.2, 0) is 13.0 Å². The van der Waals surface area contributed by atoms with Crippen LogP contribution < -0.4 is 5.56 Å². The molecule has 3 aromatic heterocycles. The molecule has 0 radical (unpaired) electrons. The molecular formula is C21H18N4O3. The van der Waals surface area contributed by atoms with E-state index in [9.17, 15) is 9.59 Å². The smallest absolute Gasteiger partial charge is 0.278 e. The van der Waals surface area contributed by atoms with Crippen LogP contribution >= 0.6 is 0 Å². The van der Waals surface area contributed by atoms with Gasteiger partial charge in [0, 0.05) is 12.6 Å². The van der Waals surface area contributed by atoms with Crippen LogP contribution in [0.3, 0.4) is 0 Å². The highest BCUT2D eigenvalue weighted by Crippen LogP contribution is 2.22. The number of aromatic nitrogens is 3. The molecule has 0 spiro atoms. The van der Waals surface area contributed by atoms with Gasteiger partial charge in [0.05, 0.1) is 18.4 Å². The number of hydrogen-bond acceptors (Lipinski definition) is 4. The van der Waals surface area contributed by atoms with Gasteiger partial charge in [-0.15, -0.1) is 0 Å². The second-order valence-corrected chi connectivity index (χ2v) is 6.90. The third kappa shape index (κ3) is 2.72. The second-order valence-electron chi connectivity index (χ2n) is 6.90. The minimum atomic E-state index is -0.239. The summed E-state index contributed by atoms with van der Waals surface area (Å²) in [6.45, 7) is 0.895. The van der Waals surface area contributed by atoms with Crippen molar-refractivity contribution in [2.45, 2.75) is 19.4 Å². The molecule has 0 aliphatic carbocycles. The summed E-state index contributed by atoms with van der Waals surface area (Å²) in [4.78, 5) is 31.8. The molecule has 7 heteroatoms. The molecular weight excluding hydrogens is 356 g/mol. The average Bonchev–Trinajstić information content (AvgIpc) is 3.44. The number of aromatic amines is 1. The first-order chi connectivity index (χ1) is 13.7. The number of furan rings is 1. The molecule has 1 aliphatic heterocycles. The zero-order chi connectivity index (χ0) is 19.1. The van der Waals surface area contributed by atoms with Crippen molar-refractivity contribution in [1.29, 1.82) is 0 Å². The van der Waals surface area contributed by atoms with E-state index in [2.05, 4.69) is 22.2 Å². The average molecular weight is 374 g/mol. The molecule has 0 atom stereocenters. The molecule has 1 N–H and O–H groups in total. The van der Waals surface area contributed by atoms with Gasteiger partial charge in [-0.25, -0.2) is 9.50 Å². The number of H-pyrrole nitrogens is 1. The van der Waals surface area contributed by atoms with Crippen molar-refractivity contribution in [2.24, 2.45) is 0 Å². The lowest BCUT2D eigenvalue weighted by Gasteiger charge is -2.14. The lowest BCUT2D eigenvalue weighted by molar-refractivity contribution is 0.0772. The van der Waals surface area contributed by atoms with Crippen LogP contribution in [0.2, 0.25) is 0 Å². The zero-order valence-electron chi connectivity index (χ0n) is 15.1. The molecule has 5 rings (SSSR count). The maximum Gasteiger partial charge on any atom is 0.278 e. The highest BCUT2D eigenvalue weighted by Gasteiger charge is 2.32. The summed E-state index contributed by atoms with van der Waals surface area (Å²) in [5, 5.41) is 3.01. The third-order valence-corrected chi connectivity index (χ3v) is 5.07. The topological polar surface area (TPSA) is 83.6 Å². The van der Waals surface area contributed by atoms with E-state index >= 15 is 0 Å². The fourth-order valence-corrected chi connectivity index (χ4v) is 3.65. The van der Waals surface area contributed by atoms with Gasteiger partial charge in [0.1, 0.15) is 11.4 Å². The van der Waals surface area contributed by atoms with Gasteiger partial charge in [0.15, 0.2) is 11.4 Å². The minimum absolute atomic E-state index is 0.177. The van der Waals surface area contributed by atoms with Gasteiger partial charge in [0.25, 0.3) is 11.5 Å². The van der Waals surface area contributed by atoms with Crippen LogP contribution in [0, 0.1) is 0 Å². The molecule has 0 saturated heterocycles. The Balaban J connectivity index is 1.38. The summed E-state index contributed by atoms with van der Waals surface area (Å²) in [6, 6.07) is 15.4. The number of nitrogens with zero attached hydrogens (tertiary/aromatic N) is 3. The Morgan fingerprint density at radius 1 is 1.11 bits per heavy atom. The normalized spacial score (nSPS) is 13.4. The van der Waals surface area contributed by atoms with Gasteiger partial charge in [-0.05, 0) is 30.5 Å². The molecule has 1 aromatic carbocycles. The predicted molar refractivity (Wildman–Crippen MR) is 103 cm³/mol. The van der Waals surface area contributed by atoms with E-state index in [1.807, 2.05) is 18.2 Å². The molecule has 1 amide bonds. The van der Waals surface area contributed by atoms with E-state index in [1.165, 1.54) is 10.1 Å². The largest absolute Gasteiger partial charge is 0.463 e. The maximum absolute atomic E-state index is 12.9. The molecule has 0 unspecified atom stereocenters. The summed E-state index contributed by atoms with van der Waals surface area (Å²) in [7, 11) is 0. The van der Waals surface area contributed by atoms with Crippen LogP contribution in [0.25, 0.3) is 17.1 Å². The molecule has 1 aliphatic rings. The number of carbonyl (C=O) groups is 1. The first-order valence-electron chi connectivity index (χ1n) is 9.22. The number of amides is 1. The van der Waals surface area contributed by atoms with Gasteiger partial charge in [-0.3, -0.25) is 14.7 Å². The lowest BCUT2D eigenvalue weighted by Crippen LogP contribution is -2.25.